The van der Waals surface area contributed by atoms with Crippen LogP contribution in [0.5, 0.6) is 0 Å². The van der Waals surface area contributed by atoms with Gasteiger partial charge in [-0.3, -0.25) is 14.3 Å². The minimum absolute atomic E-state index is 0.294. The quantitative estimate of drug-likeness (QED) is 0.534. The molecule has 19 heavy (non-hydrogen) atoms. The molecule has 1 aromatic heterocycles. The van der Waals surface area contributed by atoms with Crippen LogP contribution in [0.1, 0.15) is 17.9 Å². The summed E-state index contributed by atoms with van der Waals surface area (Å²) in [4.78, 5) is 25.4. The minimum atomic E-state index is -1.17. The number of aliphatic hydroxyl groups is 3. The lowest BCUT2D eigenvalue weighted by Gasteiger charge is -2.18. The average molecular weight is 288 g/mol. The van der Waals surface area contributed by atoms with Crippen molar-refractivity contribution >= 4 is 11.8 Å². The van der Waals surface area contributed by atoms with E-state index in [1.165, 1.54) is 10.8 Å². The van der Waals surface area contributed by atoms with Gasteiger partial charge in [-0.1, -0.05) is 6.92 Å². The lowest BCUT2D eigenvalue weighted by molar-refractivity contribution is 0.0101. The van der Waals surface area contributed by atoms with Crippen molar-refractivity contribution in [3.8, 4) is 0 Å². The van der Waals surface area contributed by atoms with Gasteiger partial charge in [-0.2, -0.15) is 0 Å². The van der Waals surface area contributed by atoms with Gasteiger partial charge >= 0.3 is 5.69 Å². The predicted octanol–water partition coefficient (Wildman–Crippen LogP) is -1.57. The Morgan fingerprint density at radius 3 is 2.58 bits per heavy atom. The molecule has 2 heterocycles. The Hall–Kier alpha value is -1.09. The van der Waals surface area contributed by atoms with E-state index < -0.39 is 34.1 Å². The molecule has 0 spiro atoms. The summed E-state index contributed by atoms with van der Waals surface area (Å²) in [6.07, 6.45) is -0.428. The number of hydrogen-bond acceptors (Lipinski definition) is 6. The summed E-state index contributed by atoms with van der Waals surface area (Å²) >= 11 is 1.11. The average Bonchev–Trinajstić information content (AvgIpc) is 2.67. The van der Waals surface area contributed by atoms with E-state index in [4.69, 9.17) is 5.11 Å². The SMILES string of the molecule is CCc1cn([C@@H]2S[C@H](CO)[C@H](O)[C@H]2O)c(=O)[nH]c1=O. The highest BCUT2D eigenvalue weighted by molar-refractivity contribution is 8.00. The van der Waals surface area contributed by atoms with Crippen LogP contribution < -0.4 is 11.2 Å². The number of rotatable bonds is 3. The minimum Gasteiger partial charge on any atom is -0.395 e. The molecule has 2 rings (SSSR count). The van der Waals surface area contributed by atoms with Gasteiger partial charge in [-0.15, -0.1) is 11.8 Å². The van der Waals surface area contributed by atoms with Gasteiger partial charge in [-0.05, 0) is 6.42 Å². The molecule has 4 N–H and O–H groups in total. The van der Waals surface area contributed by atoms with Gasteiger partial charge in [0, 0.05) is 11.8 Å². The Balaban J connectivity index is 2.43. The summed E-state index contributed by atoms with van der Waals surface area (Å²) in [5.41, 5.74) is -0.653. The first-order valence-electron chi connectivity index (χ1n) is 5.96. The van der Waals surface area contributed by atoms with E-state index in [1.807, 2.05) is 0 Å². The molecule has 0 saturated carbocycles. The fraction of sp³-hybridized carbons (Fsp3) is 0.636. The van der Waals surface area contributed by atoms with Crippen molar-refractivity contribution in [2.24, 2.45) is 0 Å². The molecular weight excluding hydrogens is 272 g/mol. The van der Waals surface area contributed by atoms with Gasteiger partial charge < -0.3 is 15.3 Å². The Labute approximate surface area is 112 Å². The maximum atomic E-state index is 11.8. The summed E-state index contributed by atoms with van der Waals surface area (Å²) in [6.45, 7) is 1.49. The van der Waals surface area contributed by atoms with Crippen LogP contribution in [0.3, 0.4) is 0 Å². The first-order chi connectivity index (χ1) is 8.99. The molecule has 1 aliphatic rings. The number of aromatic nitrogens is 2. The van der Waals surface area contributed by atoms with Crippen molar-refractivity contribution in [1.29, 1.82) is 0 Å². The second-order valence-corrected chi connectivity index (χ2v) is 5.76. The molecule has 7 nitrogen and oxygen atoms in total. The van der Waals surface area contributed by atoms with Crippen molar-refractivity contribution in [1.82, 2.24) is 9.55 Å². The van der Waals surface area contributed by atoms with Gasteiger partial charge in [0.1, 0.15) is 11.5 Å². The van der Waals surface area contributed by atoms with Crippen LogP contribution in [0, 0.1) is 0 Å². The van der Waals surface area contributed by atoms with E-state index in [0.29, 0.717) is 12.0 Å². The molecule has 0 bridgehead atoms. The van der Waals surface area contributed by atoms with E-state index in [0.717, 1.165) is 11.8 Å². The third-order valence-electron chi connectivity index (χ3n) is 3.21. The van der Waals surface area contributed by atoms with Crippen LogP contribution in [0.4, 0.5) is 0 Å². The number of aryl methyl sites for hydroxylation is 1. The molecule has 0 radical (unpaired) electrons. The second kappa shape index (κ2) is 5.49. The first-order valence-corrected chi connectivity index (χ1v) is 6.90. The molecule has 1 fully saturated rings. The maximum absolute atomic E-state index is 11.8. The standard InChI is InChI=1S/C11H16N2O5S/c1-2-5-3-13(11(18)12-9(5)17)10-8(16)7(15)6(4-14)19-10/h3,6-8,10,14-16H,2,4H2,1H3,(H,12,17,18)/t6-,7+,8-,10-/m1/s1. The second-order valence-electron chi connectivity index (χ2n) is 4.40. The van der Waals surface area contributed by atoms with Gasteiger partial charge in [0.25, 0.3) is 5.56 Å². The van der Waals surface area contributed by atoms with Crippen LogP contribution in [-0.4, -0.2) is 48.9 Å². The summed E-state index contributed by atoms with van der Waals surface area (Å²) in [5, 5.41) is 27.5. The lowest BCUT2D eigenvalue weighted by atomic mass is 10.1. The summed E-state index contributed by atoms with van der Waals surface area (Å²) in [7, 11) is 0. The third-order valence-corrected chi connectivity index (χ3v) is 4.78. The highest BCUT2D eigenvalue weighted by atomic mass is 32.2. The van der Waals surface area contributed by atoms with E-state index in [9.17, 15) is 19.8 Å². The Bertz CT molecular complexity index is 569. The molecule has 1 aromatic rings. The molecule has 0 aliphatic carbocycles. The van der Waals surface area contributed by atoms with Gasteiger partial charge in [0.15, 0.2) is 0 Å². The van der Waals surface area contributed by atoms with Crippen molar-refractivity contribution in [3.63, 3.8) is 0 Å². The van der Waals surface area contributed by atoms with Gasteiger partial charge in [0.05, 0.1) is 18.0 Å². The zero-order chi connectivity index (χ0) is 14.2. The molecule has 0 amide bonds. The van der Waals surface area contributed by atoms with Crippen LogP contribution in [-0.2, 0) is 6.42 Å². The monoisotopic (exact) mass is 288 g/mol. The smallest absolute Gasteiger partial charge is 0.329 e. The predicted molar refractivity (Wildman–Crippen MR) is 70.2 cm³/mol. The first kappa shape index (κ1) is 14.3. The van der Waals surface area contributed by atoms with Crippen molar-refractivity contribution in [2.75, 3.05) is 6.61 Å². The molecule has 0 aromatic carbocycles. The Morgan fingerprint density at radius 1 is 1.37 bits per heavy atom. The molecule has 8 heteroatoms. The zero-order valence-electron chi connectivity index (χ0n) is 10.3. The normalized spacial score (nSPS) is 30.7. The largest absolute Gasteiger partial charge is 0.395 e. The van der Waals surface area contributed by atoms with Crippen molar-refractivity contribution in [2.45, 2.75) is 36.2 Å². The number of aromatic amines is 1. The summed E-state index contributed by atoms with van der Waals surface area (Å²) in [5.74, 6) is 0. The molecule has 4 atom stereocenters. The fourth-order valence-electron chi connectivity index (χ4n) is 2.08. The molecule has 0 unspecified atom stereocenters. The maximum Gasteiger partial charge on any atom is 0.329 e. The number of hydrogen-bond donors (Lipinski definition) is 4. The third kappa shape index (κ3) is 2.48. The van der Waals surface area contributed by atoms with Gasteiger partial charge in [-0.25, -0.2) is 4.79 Å². The molecular formula is C11H16N2O5S. The molecule has 106 valence electrons. The molecule has 1 saturated heterocycles. The lowest BCUT2D eigenvalue weighted by Crippen LogP contribution is -2.38. The Kier molecular flexibility index (Phi) is 4.14. The number of nitrogens with one attached hydrogen (secondary N) is 1. The van der Waals surface area contributed by atoms with E-state index in [1.54, 1.807) is 6.92 Å². The highest BCUT2D eigenvalue weighted by Crippen LogP contribution is 2.40. The van der Waals surface area contributed by atoms with Crippen molar-refractivity contribution < 1.29 is 15.3 Å². The molecule has 1 aliphatic heterocycles. The Morgan fingerprint density at radius 2 is 2.05 bits per heavy atom. The van der Waals surface area contributed by atoms with Crippen molar-refractivity contribution in [3.05, 3.63) is 32.6 Å². The summed E-state index contributed by atoms with van der Waals surface area (Å²) in [6, 6.07) is 0. The fourth-order valence-corrected chi connectivity index (χ4v) is 3.45. The van der Waals surface area contributed by atoms with E-state index in [-0.39, 0.29) is 6.61 Å². The van der Waals surface area contributed by atoms with Crippen LogP contribution >= 0.6 is 11.8 Å². The van der Waals surface area contributed by atoms with Gasteiger partial charge in [0.2, 0.25) is 0 Å². The van der Waals surface area contributed by atoms with Crippen LogP contribution in [0.15, 0.2) is 15.8 Å². The number of H-pyrrole nitrogens is 1. The van der Waals surface area contributed by atoms with Crippen LogP contribution in [0.2, 0.25) is 0 Å². The van der Waals surface area contributed by atoms with E-state index >= 15 is 0 Å². The topological polar surface area (TPSA) is 116 Å². The number of aliphatic hydroxyl groups excluding tert-OH is 3. The highest BCUT2D eigenvalue weighted by Gasteiger charge is 2.43. The number of nitrogens with zero attached hydrogens (tertiary/aromatic N) is 1. The van der Waals surface area contributed by atoms with E-state index in [2.05, 4.69) is 4.98 Å². The number of thioether (sulfide) groups is 1. The zero-order valence-corrected chi connectivity index (χ0v) is 11.1. The van der Waals surface area contributed by atoms with Crippen LogP contribution in [0.25, 0.3) is 0 Å². The summed E-state index contributed by atoms with van der Waals surface area (Å²) < 4.78 is 1.20.